The summed E-state index contributed by atoms with van der Waals surface area (Å²) in [6, 6.07) is 43.0. The van der Waals surface area contributed by atoms with Gasteiger partial charge in [-0.15, -0.1) is 29.3 Å². The van der Waals surface area contributed by atoms with Crippen LogP contribution in [-0.2, 0) is 25.5 Å². The van der Waals surface area contributed by atoms with Crippen molar-refractivity contribution in [3.8, 4) is 44.6 Å². The standard InChI is InChI=1S/C38H30N.Ir/c1-24-11-10-12-25(2)37(24)28-18-20-35-32(21-28)31(26-13-6-5-7-14-26)23-36(39-35)27-17-19-30-29-15-8-9-16-33(29)38(3,4)34(30)22-27;/h5-16,18-23H,1-4H3;/q-1;. The Bertz CT molecular complexity index is 1880. The van der Waals surface area contributed by atoms with Crippen molar-refractivity contribution in [3.05, 3.63) is 138 Å². The summed E-state index contributed by atoms with van der Waals surface area (Å²) in [5, 5.41) is 1.17. The molecule has 0 spiro atoms. The van der Waals surface area contributed by atoms with Crippen LogP contribution in [0.4, 0.5) is 0 Å². The molecule has 0 saturated heterocycles. The van der Waals surface area contributed by atoms with Gasteiger partial charge in [0.05, 0.1) is 5.52 Å². The van der Waals surface area contributed by atoms with Crippen LogP contribution in [0.5, 0.6) is 0 Å². The van der Waals surface area contributed by atoms with E-state index in [2.05, 4.69) is 143 Å². The predicted octanol–water partition coefficient (Wildman–Crippen LogP) is 9.96. The number of aromatic nitrogens is 1. The van der Waals surface area contributed by atoms with Crippen LogP contribution in [0.2, 0.25) is 0 Å². The first-order valence-corrected chi connectivity index (χ1v) is 13.6. The molecular formula is C38H30IrN-. The van der Waals surface area contributed by atoms with E-state index in [0.29, 0.717) is 0 Å². The molecule has 7 rings (SSSR count). The molecule has 0 amide bonds. The van der Waals surface area contributed by atoms with Gasteiger partial charge in [-0.25, -0.2) is 0 Å². The SMILES string of the molecule is Cc1cccc(C)c1-c1ccc2nc(-c3[c-]cc4c(c3)C(C)(C)c3ccccc3-4)cc(-c3ccccc3)c2c1.[Ir]. The number of pyridine rings is 1. The van der Waals surface area contributed by atoms with E-state index in [1.54, 1.807) is 0 Å². The fraction of sp³-hybridized carbons (Fsp3) is 0.132. The molecule has 1 aliphatic rings. The Hall–Kier alpha value is -3.84. The second-order valence-corrected chi connectivity index (χ2v) is 11.3. The summed E-state index contributed by atoms with van der Waals surface area (Å²) in [5.41, 5.74) is 15.7. The molecule has 0 bridgehead atoms. The average molecular weight is 693 g/mol. The number of fused-ring (bicyclic) bond motifs is 4. The normalized spacial score (nSPS) is 13.0. The molecule has 40 heavy (non-hydrogen) atoms. The molecule has 1 aliphatic carbocycles. The topological polar surface area (TPSA) is 12.9 Å². The summed E-state index contributed by atoms with van der Waals surface area (Å²) in [6.45, 7) is 9.02. The van der Waals surface area contributed by atoms with Gasteiger partial charge in [0, 0.05) is 25.5 Å². The van der Waals surface area contributed by atoms with E-state index in [4.69, 9.17) is 4.98 Å². The third kappa shape index (κ3) is 4.15. The Morgan fingerprint density at radius 3 is 2.12 bits per heavy atom. The van der Waals surface area contributed by atoms with Crippen molar-refractivity contribution >= 4 is 10.9 Å². The van der Waals surface area contributed by atoms with Crippen LogP contribution in [0.25, 0.3) is 55.5 Å². The van der Waals surface area contributed by atoms with Crippen molar-refractivity contribution in [2.45, 2.75) is 33.1 Å². The summed E-state index contributed by atoms with van der Waals surface area (Å²) in [7, 11) is 0. The molecule has 0 unspecified atom stereocenters. The third-order valence-electron chi connectivity index (χ3n) is 8.45. The second kappa shape index (κ2) is 9.97. The van der Waals surface area contributed by atoms with Crippen LogP contribution in [0.3, 0.4) is 0 Å². The Morgan fingerprint density at radius 1 is 0.625 bits per heavy atom. The molecule has 0 aliphatic heterocycles. The van der Waals surface area contributed by atoms with E-state index in [0.717, 1.165) is 16.8 Å². The summed E-state index contributed by atoms with van der Waals surface area (Å²) >= 11 is 0. The zero-order valence-corrected chi connectivity index (χ0v) is 25.6. The van der Waals surface area contributed by atoms with E-state index in [1.807, 2.05) is 0 Å². The van der Waals surface area contributed by atoms with Crippen LogP contribution in [0, 0.1) is 19.9 Å². The van der Waals surface area contributed by atoms with E-state index >= 15 is 0 Å². The number of hydrogen-bond donors (Lipinski definition) is 0. The van der Waals surface area contributed by atoms with Gasteiger partial charge >= 0.3 is 0 Å². The monoisotopic (exact) mass is 693 g/mol. The molecule has 197 valence electrons. The zero-order chi connectivity index (χ0) is 26.7. The predicted molar refractivity (Wildman–Crippen MR) is 164 cm³/mol. The fourth-order valence-electron chi connectivity index (χ4n) is 6.43. The quantitative estimate of drug-likeness (QED) is 0.168. The van der Waals surface area contributed by atoms with Gasteiger partial charge in [-0.1, -0.05) is 110 Å². The number of rotatable bonds is 3. The molecule has 0 fully saturated rings. The summed E-state index contributed by atoms with van der Waals surface area (Å²) in [4.78, 5) is 5.20. The number of aryl methyl sites for hydroxylation is 2. The minimum absolute atomic E-state index is 0. The maximum atomic E-state index is 5.20. The number of benzene rings is 5. The van der Waals surface area contributed by atoms with Gasteiger partial charge in [-0.05, 0) is 76.0 Å². The van der Waals surface area contributed by atoms with Gasteiger partial charge < -0.3 is 0 Å². The fourth-order valence-corrected chi connectivity index (χ4v) is 6.43. The molecular weight excluding hydrogens is 663 g/mol. The van der Waals surface area contributed by atoms with E-state index in [-0.39, 0.29) is 25.5 Å². The van der Waals surface area contributed by atoms with Crippen LogP contribution >= 0.6 is 0 Å². The van der Waals surface area contributed by atoms with Gasteiger partial charge in [0.25, 0.3) is 0 Å². The molecule has 1 nitrogen and oxygen atoms in total. The van der Waals surface area contributed by atoms with Crippen molar-refractivity contribution in [2.24, 2.45) is 0 Å². The van der Waals surface area contributed by atoms with Gasteiger partial charge in [-0.3, -0.25) is 4.98 Å². The summed E-state index contributed by atoms with van der Waals surface area (Å²) in [6.07, 6.45) is 0. The molecule has 0 saturated carbocycles. The average Bonchev–Trinajstić information content (AvgIpc) is 3.19. The molecule has 5 aromatic carbocycles. The van der Waals surface area contributed by atoms with Crippen LogP contribution in [0.1, 0.15) is 36.1 Å². The third-order valence-corrected chi connectivity index (χ3v) is 8.45. The maximum absolute atomic E-state index is 5.20. The van der Waals surface area contributed by atoms with E-state index < -0.39 is 0 Å². The van der Waals surface area contributed by atoms with Crippen LogP contribution in [-0.4, -0.2) is 4.98 Å². The van der Waals surface area contributed by atoms with Crippen molar-refractivity contribution < 1.29 is 20.1 Å². The van der Waals surface area contributed by atoms with Gasteiger partial charge in [-0.2, -0.15) is 0 Å². The zero-order valence-electron chi connectivity index (χ0n) is 23.2. The van der Waals surface area contributed by atoms with Crippen molar-refractivity contribution in [1.29, 1.82) is 0 Å². The molecule has 0 atom stereocenters. The van der Waals surface area contributed by atoms with Crippen molar-refractivity contribution in [2.75, 3.05) is 0 Å². The second-order valence-electron chi connectivity index (χ2n) is 11.3. The van der Waals surface area contributed by atoms with Gasteiger partial charge in [0.1, 0.15) is 0 Å². The van der Waals surface area contributed by atoms with E-state index in [9.17, 15) is 0 Å². The first-order valence-electron chi connectivity index (χ1n) is 13.6. The molecule has 1 radical (unpaired) electrons. The molecule has 6 aromatic rings. The smallest absolute Gasteiger partial charge is 0.0602 e. The van der Waals surface area contributed by atoms with Crippen molar-refractivity contribution in [1.82, 2.24) is 4.98 Å². The van der Waals surface area contributed by atoms with Gasteiger partial charge in [0.2, 0.25) is 0 Å². The first kappa shape index (κ1) is 26.4. The van der Waals surface area contributed by atoms with Crippen LogP contribution < -0.4 is 0 Å². The van der Waals surface area contributed by atoms with E-state index in [1.165, 1.54) is 61.0 Å². The molecule has 1 heterocycles. The Balaban J connectivity index is 0.00000289. The Morgan fingerprint density at radius 2 is 1.35 bits per heavy atom. The van der Waals surface area contributed by atoms with Crippen molar-refractivity contribution in [3.63, 3.8) is 0 Å². The minimum atomic E-state index is -0.0603. The van der Waals surface area contributed by atoms with Crippen LogP contribution in [0.15, 0.2) is 109 Å². The first-order chi connectivity index (χ1) is 18.9. The van der Waals surface area contributed by atoms with Gasteiger partial charge in [0.15, 0.2) is 0 Å². The molecule has 2 heteroatoms. The number of nitrogens with zero attached hydrogens (tertiary/aromatic N) is 1. The number of hydrogen-bond acceptors (Lipinski definition) is 1. The summed E-state index contributed by atoms with van der Waals surface area (Å²) < 4.78 is 0. The minimum Gasteiger partial charge on any atom is -0.296 e. The molecule has 0 N–H and O–H groups in total. The Kier molecular flexibility index (Phi) is 6.57. The Labute approximate surface area is 250 Å². The summed E-state index contributed by atoms with van der Waals surface area (Å²) in [5.74, 6) is 0. The maximum Gasteiger partial charge on any atom is 0.0602 e. The largest absolute Gasteiger partial charge is 0.296 e. The molecule has 1 aromatic heterocycles.